The van der Waals surface area contributed by atoms with Gasteiger partial charge in [0.05, 0.1) is 12.7 Å². The molecule has 1 rings (SSSR count). The van der Waals surface area contributed by atoms with Gasteiger partial charge in [0.15, 0.2) is 7.28 Å². The number of hydrogen-bond acceptors (Lipinski definition) is 8. The smallest absolute Gasteiger partial charge is 0.395 e. The molecule has 1 heterocycles. The summed E-state index contributed by atoms with van der Waals surface area (Å²) in [6.45, 7) is 3.78. The molecule has 6 atom stereocenters. The van der Waals surface area contributed by atoms with E-state index in [9.17, 15) is 18.9 Å². The van der Waals surface area contributed by atoms with Gasteiger partial charge in [-0.1, -0.05) is 13.8 Å². The van der Waals surface area contributed by atoms with E-state index in [1.165, 1.54) is 0 Å². The summed E-state index contributed by atoms with van der Waals surface area (Å²) in [5, 5.41) is 2.88. The van der Waals surface area contributed by atoms with Crippen molar-refractivity contribution in [1.29, 1.82) is 0 Å². The normalized spacial score (nSPS) is 31.5. The minimum absolute atomic E-state index is 0.0651. The summed E-state index contributed by atoms with van der Waals surface area (Å²) in [5.41, 5.74) is 0. The third-order valence-corrected chi connectivity index (χ3v) is 7.96. The minimum Gasteiger partial charge on any atom is -0.395 e. The predicted molar refractivity (Wildman–Crippen MR) is 98.6 cm³/mol. The Kier molecular flexibility index (Phi) is 8.80. The van der Waals surface area contributed by atoms with Crippen LogP contribution in [-0.2, 0) is 27.0 Å². The Morgan fingerprint density at radius 2 is 1.81 bits per heavy atom. The zero-order valence-electron chi connectivity index (χ0n) is 14.7. The van der Waals surface area contributed by atoms with E-state index in [2.05, 4.69) is 20.2 Å². The van der Waals surface area contributed by atoms with Gasteiger partial charge >= 0.3 is 15.6 Å². The fourth-order valence-corrected chi connectivity index (χ4v) is 5.78. The maximum atomic E-state index is 11.5. The molecule has 1 aliphatic heterocycles. The van der Waals surface area contributed by atoms with Gasteiger partial charge in [0.25, 0.3) is 7.57 Å². The standard InChI is InChI=1S/C11H25BNO10P3/c1-8-9(2)11(12-5-6-13-3)21-10(8)7-20-24(4,14)22-26(18,19)23-25(15,16)17/h5-6,8-14H,4,7H2,1-3H3,(H,18,19)(H2,15,16,17)/b6-5+. The van der Waals surface area contributed by atoms with Crippen LogP contribution in [0.5, 0.6) is 0 Å². The summed E-state index contributed by atoms with van der Waals surface area (Å²) >= 11 is 0. The zero-order chi connectivity index (χ0) is 20.2. The molecule has 6 unspecified atom stereocenters. The maximum Gasteiger partial charge on any atom is 0.487 e. The average Bonchev–Trinajstić information content (AvgIpc) is 2.70. The van der Waals surface area contributed by atoms with E-state index < -0.39 is 29.3 Å². The maximum absolute atomic E-state index is 11.5. The molecule has 0 bridgehead atoms. The molecule has 0 aliphatic carbocycles. The SMILES string of the molecule is C=P(O)(OCC1OC(B/C=C/NC)C(C)C1C)OP(=O)(O)OP(=O)(O)O. The molecule has 11 nitrogen and oxygen atoms in total. The van der Waals surface area contributed by atoms with Gasteiger partial charge in [-0.3, -0.25) is 0 Å². The van der Waals surface area contributed by atoms with Crippen molar-refractivity contribution < 1.29 is 46.6 Å². The van der Waals surface area contributed by atoms with Gasteiger partial charge in [0.2, 0.25) is 0 Å². The molecule has 5 N–H and O–H groups in total. The molecular weight excluding hydrogens is 410 g/mol. The zero-order valence-corrected chi connectivity index (χ0v) is 17.3. The lowest BCUT2D eigenvalue weighted by Gasteiger charge is -2.23. The summed E-state index contributed by atoms with van der Waals surface area (Å²) < 4.78 is 40.9. The number of hydrogen-bond donors (Lipinski definition) is 5. The molecular formula is C11H25BNO10P3. The van der Waals surface area contributed by atoms with Crippen LogP contribution in [0.3, 0.4) is 0 Å². The second-order valence-corrected chi connectivity index (χ2v) is 10.7. The molecule has 0 saturated carbocycles. The second kappa shape index (κ2) is 9.50. The van der Waals surface area contributed by atoms with Gasteiger partial charge in [-0.05, 0) is 24.3 Å². The summed E-state index contributed by atoms with van der Waals surface area (Å²) in [5.74, 6) is 2.19. The minimum atomic E-state index is -5.30. The lowest BCUT2D eigenvalue weighted by atomic mass is 9.65. The Morgan fingerprint density at radius 1 is 1.19 bits per heavy atom. The molecule has 1 saturated heterocycles. The molecule has 0 aromatic carbocycles. The van der Waals surface area contributed by atoms with Gasteiger partial charge in [-0.25, -0.2) is 13.4 Å². The molecule has 1 fully saturated rings. The van der Waals surface area contributed by atoms with Gasteiger partial charge in [0, 0.05) is 13.1 Å². The van der Waals surface area contributed by atoms with Crippen LogP contribution >= 0.6 is 23.2 Å². The molecule has 152 valence electrons. The van der Waals surface area contributed by atoms with Crippen molar-refractivity contribution in [2.75, 3.05) is 13.7 Å². The van der Waals surface area contributed by atoms with Crippen molar-refractivity contribution in [3.05, 3.63) is 12.2 Å². The highest BCUT2D eigenvalue weighted by atomic mass is 31.3. The fourth-order valence-electron chi connectivity index (χ4n) is 2.45. The van der Waals surface area contributed by atoms with Crippen molar-refractivity contribution in [2.24, 2.45) is 11.8 Å². The Balaban J connectivity index is 2.61. The van der Waals surface area contributed by atoms with Crippen molar-refractivity contribution >= 4 is 36.8 Å². The molecule has 0 amide bonds. The van der Waals surface area contributed by atoms with Gasteiger partial charge in [-0.2, -0.15) is 4.31 Å². The van der Waals surface area contributed by atoms with E-state index in [1.54, 1.807) is 13.2 Å². The van der Waals surface area contributed by atoms with E-state index in [-0.39, 0.29) is 24.4 Å². The summed E-state index contributed by atoms with van der Waals surface area (Å²) in [7, 11) is -12.2. The first-order chi connectivity index (χ1) is 11.8. The Bertz CT molecular complexity index is 640. The molecule has 0 radical (unpaired) electrons. The van der Waals surface area contributed by atoms with Crippen LogP contribution in [0.4, 0.5) is 0 Å². The van der Waals surface area contributed by atoms with Crippen LogP contribution in [0.2, 0.25) is 0 Å². The van der Waals surface area contributed by atoms with E-state index in [1.807, 2.05) is 19.8 Å². The Morgan fingerprint density at radius 3 is 2.35 bits per heavy atom. The topological polar surface area (TPSA) is 164 Å². The molecule has 0 spiro atoms. The Labute approximate surface area is 153 Å². The van der Waals surface area contributed by atoms with E-state index in [0.29, 0.717) is 7.28 Å². The monoisotopic (exact) mass is 435 g/mol. The largest absolute Gasteiger partial charge is 0.487 e. The van der Waals surface area contributed by atoms with Gasteiger partial charge in [0.1, 0.15) is 0 Å². The van der Waals surface area contributed by atoms with Crippen molar-refractivity contribution in [3.63, 3.8) is 0 Å². The van der Waals surface area contributed by atoms with Crippen LogP contribution in [0.25, 0.3) is 0 Å². The molecule has 15 heteroatoms. The quantitative estimate of drug-likeness (QED) is 0.240. The second-order valence-electron chi connectivity index (χ2n) is 5.91. The van der Waals surface area contributed by atoms with Crippen molar-refractivity contribution in [2.45, 2.75) is 26.0 Å². The van der Waals surface area contributed by atoms with Crippen molar-refractivity contribution in [3.8, 4) is 0 Å². The lowest BCUT2D eigenvalue weighted by Crippen LogP contribution is -2.22. The van der Waals surface area contributed by atoms with Gasteiger partial charge < -0.3 is 34.2 Å². The van der Waals surface area contributed by atoms with Gasteiger partial charge in [-0.15, -0.1) is 5.98 Å². The van der Waals surface area contributed by atoms with Crippen LogP contribution in [-0.4, -0.2) is 58.9 Å². The highest BCUT2D eigenvalue weighted by Gasteiger charge is 2.41. The molecule has 0 aromatic heterocycles. The molecule has 0 aromatic rings. The number of nitrogens with one attached hydrogen (secondary N) is 1. The highest BCUT2D eigenvalue weighted by Crippen LogP contribution is 2.66. The highest BCUT2D eigenvalue weighted by molar-refractivity contribution is 7.70. The summed E-state index contributed by atoms with van der Waals surface area (Å²) in [4.78, 5) is 36.3. The first-order valence-corrected chi connectivity index (χ1v) is 12.4. The van der Waals surface area contributed by atoms with E-state index in [4.69, 9.17) is 19.0 Å². The number of rotatable bonds is 10. The van der Waals surface area contributed by atoms with Crippen LogP contribution in [0.1, 0.15) is 13.8 Å². The van der Waals surface area contributed by atoms with E-state index in [0.717, 1.165) is 0 Å². The molecule has 26 heavy (non-hydrogen) atoms. The van der Waals surface area contributed by atoms with Crippen LogP contribution in [0, 0.1) is 11.8 Å². The first-order valence-electron chi connectivity index (χ1n) is 7.66. The average molecular weight is 435 g/mol. The first kappa shape index (κ1) is 24.1. The fraction of sp³-hybridized carbons (Fsp3) is 0.727. The van der Waals surface area contributed by atoms with Crippen LogP contribution in [0.15, 0.2) is 12.2 Å². The number of phosphoric acid groups is 2. The van der Waals surface area contributed by atoms with Crippen molar-refractivity contribution in [1.82, 2.24) is 5.32 Å². The molecule has 1 aliphatic rings. The summed E-state index contributed by atoms with van der Waals surface area (Å²) in [6, 6.07) is -0.0673. The third-order valence-electron chi connectivity index (χ3n) is 3.89. The Hall–Kier alpha value is 0.0449. The van der Waals surface area contributed by atoms with E-state index >= 15 is 0 Å². The lowest BCUT2D eigenvalue weighted by molar-refractivity contribution is 0.0311. The summed E-state index contributed by atoms with van der Waals surface area (Å²) in [6.07, 6.45) is 4.52. The third kappa shape index (κ3) is 8.38. The predicted octanol–water partition coefficient (Wildman–Crippen LogP) is 0.540. The van der Waals surface area contributed by atoms with Crippen LogP contribution < -0.4 is 5.32 Å². The number of ether oxygens (including phenoxy) is 1.